The van der Waals surface area contributed by atoms with Crippen LogP contribution in [0.3, 0.4) is 0 Å². The summed E-state index contributed by atoms with van der Waals surface area (Å²) in [7, 11) is 0. The zero-order valence-corrected chi connectivity index (χ0v) is 23.0. The first-order valence-electron chi connectivity index (χ1n) is 13.4. The molecule has 0 saturated heterocycles. The molecule has 222 valence electrons. The van der Waals surface area contributed by atoms with Crippen molar-refractivity contribution in [3.8, 4) is 11.8 Å². The first-order chi connectivity index (χ1) is 20.6. The monoisotopic (exact) mass is 591 g/mol. The average molecular weight is 592 g/mol. The number of alkyl halides is 3. The SMILES string of the molecule is NCCCC#Cc1ccc2c(c1)C(=O)N(C(CC(=O)OC(=O)C(F)(F)F)c1ccccc1)CC(=O)N2Cc1ccccc1. The Morgan fingerprint density at radius 2 is 1.65 bits per heavy atom. The van der Waals surface area contributed by atoms with E-state index >= 15 is 0 Å². The van der Waals surface area contributed by atoms with Crippen LogP contribution in [0, 0.1) is 11.8 Å². The lowest BCUT2D eigenvalue weighted by Gasteiger charge is -2.30. The number of hydrogen-bond donors (Lipinski definition) is 1. The summed E-state index contributed by atoms with van der Waals surface area (Å²) in [5.74, 6) is 0.690. The van der Waals surface area contributed by atoms with Crippen molar-refractivity contribution in [2.24, 2.45) is 5.73 Å². The van der Waals surface area contributed by atoms with Crippen molar-refractivity contribution in [2.75, 3.05) is 18.0 Å². The minimum Gasteiger partial charge on any atom is -0.386 e. The maximum atomic E-state index is 14.2. The van der Waals surface area contributed by atoms with Gasteiger partial charge in [-0.3, -0.25) is 14.4 Å². The lowest BCUT2D eigenvalue weighted by Crippen LogP contribution is -2.42. The van der Waals surface area contributed by atoms with Crippen LogP contribution in [0.15, 0.2) is 78.9 Å². The number of unbranched alkanes of at least 4 members (excludes halogenated alkanes) is 1. The number of carbonyl (C=O) groups is 4. The Hall–Kier alpha value is -4.95. The third kappa shape index (κ3) is 7.87. The van der Waals surface area contributed by atoms with Gasteiger partial charge in [-0.25, -0.2) is 4.79 Å². The number of halogens is 3. The number of anilines is 1. The second-order valence-corrected chi connectivity index (χ2v) is 9.71. The highest BCUT2D eigenvalue weighted by Gasteiger charge is 2.43. The molecule has 1 heterocycles. The molecule has 0 spiro atoms. The number of nitrogens with two attached hydrogens (primary N) is 1. The molecule has 11 heteroatoms. The fourth-order valence-corrected chi connectivity index (χ4v) is 4.60. The van der Waals surface area contributed by atoms with Crippen LogP contribution >= 0.6 is 0 Å². The van der Waals surface area contributed by atoms with Crippen molar-refractivity contribution >= 4 is 29.4 Å². The van der Waals surface area contributed by atoms with E-state index in [1.165, 1.54) is 4.90 Å². The molecular formula is C32H28F3N3O5. The van der Waals surface area contributed by atoms with E-state index in [4.69, 9.17) is 5.73 Å². The molecule has 2 amide bonds. The van der Waals surface area contributed by atoms with E-state index in [2.05, 4.69) is 16.6 Å². The summed E-state index contributed by atoms with van der Waals surface area (Å²) < 4.78 is 42.4. The van der Waals surface area contributed by atoms with Crippen LogP contribution in [0.5, 0.6) is 0 Å². The summed E-state index contributed by atoms with van der Waals surface area (Å²) in [4.78, 5) is 54.4. The van der Waals surface area contributed by atoms with Crippen molar-refractivity contribution in [1.29, 1.82) is 0 Å². The molecule has 43 heavy (non-hydrogen) atoms. The second-order valence-electron chi connectivity index (χ2n) is 9.71. The predicted octanol–water partition coefficient (Wildman–Crippen LogP) is 4.53. The molecule has 1 unspecified atom stereocenters. The molecule has 0 saturated carbocycles. The quantitative estimate of drug-likeness (QED) is 0.179. The Balaban J connectivity index is 1.77. The molecule has 4 rings (SSSR count). The summed E-state index contributed by atoms with van der Waals surface area (Å²) in [6, 6.07) is 20.8. The minimum atomic E-state index is -5.38. The van der Waals surface area contributed by atoms with Gasteiger partial charge in [0.2, 0.25) is 5.91 Å². The lowest BCUT2D eigenvalue weighted by molar-refractivity contribution is -0.202. The maximum Gasteiger partial charge on any atom is 0.491 e. The van der Waals surface area contributed by atoms with Gasteiger partial charge < -0.3 is 20.3 Å². The first-order valence-corrected chi connectivity index (χ1v) is 13.4. The summed E-state index contributed by atoms with van der Waals surface area (Å²) in [6.45, 7) is 0.103. The van der Waals surface area contributed by atoms with Gasteiger partial charge >= 0.3 is 18.1 Å². The zero-order chi connectivity index (χ0) is 31.0. The van der Waals surface area contributed by atoms with Crippen LogP contribution in [0.2, 0.25) is 0 Å². The Kier molecular flexibility index (Phi) is 9.95. The minimum absolute atomic E-state index is 0.119. The molecular weight excluding hydrogens is 563 g/mol. The van der Waals surface area contributed by atoms with E-state index in [0.717, 1.165) is 10.5 Å². The topological polar surface area (TPSA) is 110 Å². The number of rotatable bonds is 8. The molecule has 3 aromatic rings. The average Bonchev–Trinajstić information content (AvgIpc) is 3.09. The van der Waals surface area contributed by atoms with Crippen LogP contribution in [-0.4, -0.2) is 47.9 Å². The number of benzene rings is 3. The third-order valence-corrected chi connectivity index (χ3v) is 6.67. The largest absolute Gasteiger partial charge is 0.491 e. The molecule has 0 aromatic heterocycles. The molecule has 0 aliphatic carbocycles. The van der Waals surface area contributed by atoms with E-state index < -0.39 is 48.9 Å². The lowest BCUT2D eigenvalue weighted by atomic mass is 10.00. The summed E-state index contributed by atoms with van der Waals surface area (Å²) in [5.41, 5.74) is 7.63. The standard InChI is InChI=1S/C32H28F3N3O5/c33-32(34,35)31(42)43-29(40)19-27(24-13-7-2-8-14-24)38-21-28(39)37(20-23-11-4-1-5-12-23)26-16-15-22(10-6-3-9-17-36)18-25(26)30(38)41/h1-2,4-5,7-8,11-16,18,27H,3,9,17,19-21,36H2. The first kappa shape index (κ1) is 31.0. The molecule has 2 N–H and O–H groups in total. The maximum absolute atomic E-state index is 14.2. The van der Waals surface area contributed by atoms with E-state index in [-0.39, 0.29) is 12.1 Å². The molecule has 3 aromatic carbocycles. The van der Waals surface area contributed by atoms with Gasteiger partial charge in [0.05, 0.1) is 30.3 Å². The van der Waals surface area contributed by atoms with Gasteiger partial charge in [-0.05, 0) is 42.3 Å². The van der Waals surface area contributed by atoms with Crippen LogP contribution < -0.4 is 10.6 Å². The Labute approximate surface area is 246 Å². The van der Waals surface area contributed by atoms with Crippen molar-refractivity contribution in [3.63, 3.8) is 0 Å². The Morgan fingerprint density at radius 1 is 0.977 bits per heavy atom. The second kappa shape index (κ2) is 13.8. The van der Waals surface area contributed by atoms with Crippen molar-refractivity contribution in [3.05, 3.63) is 101 Å². The Morgan fingerprint density at radius 3 is 2.30 bits per heavy atom. The molecule has 0 fully saturated rings. The summed E-state index contributed by atoms with van der Waals surface area (Å²) in [6.07, 6.45) is -4.96. The van der Waals surface area contributed by atoms with E-state index in [0.29, 0.717) is 36.2 Å². The third-order valence-electron chi connectivity index (χ3n) is 6.67. The van der Waals surface area contributed by atoms with Crippen LogP contribution in [0.4, 0.5) is 18.9 Å². The van der Waals surface area contributed by atoms with E-state index in [1.54, 1.807) is 48.5 Å². The van der Waals surface area contributed by atoms with Gasteiger partial charge in [-0.1, -0.05) is 72.5 Å². The van der Waals surface area contributed by atoms with Crippen molar-refractivity contribution in [2.45, 2.75) is 38.0 Å². The van der Waals surface area contributed by atoms with Crippen LogP contribution in [0.25, 0.3) is 0 Å². The highest BCUT2D eigenvalue weighted by atomic mass is 19.4. The number of esters is 2. The number of amides is 2. The Bertz CT molecular complexity index is 1550. The molecule has 0 radical (unpaired) electrons. The van der Waals surface area contributed by atoms with E-state index in [1.807, 2.05) is 30.3 Å². The number of carbonyl (C=O) groups excluding carboxylic acids is 4. The summed E-state index contributed by atoms with van der Waals surface area (Å²) in [5, 5.41) is 0. The van der Waals surface area contributed by atoms with Crippen LogP contribution in [-0.2, 0) is 25.7 Å². The predicted molar refractivity (Wildman–Crippen MR) is 151 cm³/mol. The molecule has 0 bridgehead atoms. The van der Waals surface area contributed by atoms with Crippen LogP contribution in [0.1, 0.15) is 52.4 Å². The number of hydrogen-bond acceptors (Lipinski definition) is 6. The fourth-order valence-electron chi connectivity index (χ4n) is 4.60. The number of nitrogens with zero attached hydrogens (tertiary/aromatic N) is 2. The molecule has 1 atom stereocenters. The van der Waals surface area contributed by atoms with Gasteiger partial charge in [0, 0.05) is 12.0 Å². The van der Waals surface area contributed by atoms with Crippen molar-refractivity contribution in [1.82, 2.24) is 4.90 Å². The van der Waals surface area contributed by atoms with Gasteiger partial charge in [-0.15, -0.1) is 0 Å². The molecule has 8 nitrogen and oxygen atoms in total. The smallest absolute Gasteiger partial charge is 0.386 e. The van der Waals surface area contributed by atoms with E-state index in [9.17, 15) is 32.3 Å². The zero-order valence-electron chi connectivity index (χ0n) is 23.0. The summed E-state index contributed by atoms with van der Waals surface area (Å²) >= 11 is 0. The van der Waals surface area contributed by atoms with Gasteiger partial charge in [0.25, 0.3) is 5.91 Å². The van der Waals surface area contributed by atoms with Gasteiger partial charge in [0.15, 0.2) is 0 Å². The van der Waals surface area contributed by atoms with Gasteiger partial charge in [0.1, 0.15) is 6.54 Å². The molecule has 1 aliphatic heterocycles. The van der Waals surface area contributed by atoms with Gasteiger partial charge in [-0.2, -0.15) is 13.2 Å². The number of fused-ring (bicyclic) bond motifs is 1. The number of ether oxygens (including phenoxy) is 1. The van der Waals surface area contributed by atoms with Crippen molar-refractivity contribution < 1.29 is 37.1 Å². The molecule has 1 aliphatic rings. The normalized spacial score (nSPS) is 13.9. The fraction of sp³-hybridized carbons (Fsp3) is 0.250. The highest BCUT2D eigenvalue weighted by molar-refractivity contribution is 6.10. The highest BCUT2D eigenvalue weighted by Crippen LogP contribution is 2.34.